The number of amides is 1. The quantitative estimate of drug-likeness (QED) is 0.720. The number of carbonyl (C=O) groups is 1. The van der Waals surface area contributed by atoms with Gasteiger partial charge in [0.05, 0.1) is 25.4 Å². The maximum absolute atomic E-state index is 12.4. The monoisotopic (exact) mass is 293 g/mol. The third-order valence-electron chi connectivity index (χ3n) is 3.80. The van der Waals surface area contributed by atoms with Crippen LogP contribution in [-0.4, -0.2) is 54.4 Å². The zero-order valence-electron chi connectivity index (χ0n) is 12.3. The van der Waals surface area contributed by atoms with Crippen molar-refractivity contribution in [1.29, 1.82) is 0 Å². The molecule has 0 spiro atoms. The van der Waals surface area contributed by atoms with Crippen LogP contribution in [0.2, 0.25) is 0 Å². The van der Waals surface area contributed by atoms with E-state index in [0.717, 1.165) is 11.3 Å². The van der Waals surface area contributed by atoms with E-state index < -0.39 is 0 Å². The molecule has 4 N–H and O–H groups in total. The van der Waals surface area contributed by atoms with Crippen molar-refractivity contribution in [3.63, 3.8) is 0 Å². The Bertz CT molecular complexity index is 481. The molecule has 0 bridgehead atoms. The summed E-state index contributed by atoms with van der Waals surface area (Å²) in [7, 11) is 0. The highest BCUT2D eigenvalue weighted by Crippen LogP contribution is 2.16. The summed E-state index contributed by atoms with van der Waals surface area (Å²) >= 11 is 0. The summed E-state index contributed by atoms with van der Waals surface area (Å²) < 4.78 is 5.40. The number of hydrogen-bond acceptors (Lipinski definition) is 5. The highest BCUT2D eigenvalue weighted by molar-refractivity contribution is 5.95. The Labute approximate surface area is 124 Å². The number of rotatable bonds is 5. The minimum Gasteiger partial charge on any atom is -0.394 e. The molecule has 0 saturated carbocycles. The molecule has 0 radical (unpaired) electrons. The molecular weight excluding hydrogens is 270 g/mol. The molecule has 6 heteroatoms. The van der Waals surface area contributed by atoms with Gasteiger partial charge in [-0.2, -0.15) is 0 Å². The lowest BCUT2D eigenvalue weighted by Crippen LogP contribution is -2.51. The number of aliphatic hydroxyl groups is 1. The number of nitrogens with zero attached hydrogens (tertiary/aromatic N) is 1. The summed E-state index contributed by atoms with van der Waals surface area (Å²) in [5, 5.41) is 12.1. The average molecular weight is 293 g/mol. The molecule has 1 aliphatic heterocycles. The van der Waals surface area contributed by atoms with E-state index >= 15 is 0 Å². The molecule has 6 nitrogen and oxygen atoms in total. The van der Waals surface area contributed by atoms with Crippen LogP contribution < -0.4 is 11.1 Å². The number of ether oxygens (including phenoxy) is 1. The first-order valence-electron chi connectivity index (χ1n) is 7.21. The Kier molecular flexibility index (Phi) is 5.69. The van der Waals surface area contributed by atoms with Crippen LogP contribution in [0.4, 0.5) is 5.69 Å². The van der Waals surface area contributed by atoms with Crippen molar-refractivity contribution in [3.8, 4) is 0 Å². The molecule has 1 heterocycles. The molecular formula is C15H23N3O3. The van der Waals surface area contributed by atoms with Crippen molar-refractivity contribution in [1.82, 2.24) is 4.90 Å². The zero-order chi connectivity index (χ0) is 15.2. The lowest BCUT2D eigenvalue weighted by atomic mass is 10.1. The van der Waals surface area contributed by atoms with Gasteiger partial charge in [-0.25, -0.2) is 0 Å². The van der Waals surface area contributed by atoms with Crippen molar-refractivity contribution in [2.45, 2.75) is 25.6 Å². The lowest BCUT2D eigenvalue weighted by molar-refractivity contribution is -0.125. The van der Waals surface area contributed by atoms with E-state index in [4.69, 9.17) is 15.6 Å². The SMILES string of the molecule is CC(C(=O)Nc1ccccc1CN)N1CCOC(CO)C1. The second kappa shape index (κ2) is 7.51. The van der Waals surface area contributed by atoms with E-state index in [1.807, 2.05) is 36.1 Å². The van der Waals surface area contributed by atoms with Gasteiger partial charge in [0, 0.05) is 25.3 Å². The molecule has 1 aliphatic rings. The third-order valence-corrected chi connectivity index (χ3v) is 3.80. The average Bonchev–Trinajstić information content (AvgIpc) is 2.54. The van der Waals surface area contributed by atoms with Crippen LogP contribution in [-0.2, 0) is 16.1 Å². The second-order valence-corrected chi connectivity index (χ2v) is 5.20. The molecule has 2 atom stereocenters. The molecule has 0 aromatic heterocycles. The van der Waals surface area contributed by atoms with Gasteiger partial charge in [0.25, 0.3) is 0 Å². The topological polar surface area (TPSA) is 87.8 Å². The molecule has 21 heavy (non-hydrogen) atoms. The number of nitrogens with two attached hydrogens (primary N) is 1. The van der Waals surface area contributed by atoms with Crippen molar-refractivity contribution >= 4 is 11.6 Å². The number of hydrogen-bond donors (Lipinski definition) is 3. The van der Waals surface area contributed by atoms with Gasteiger partial charge in [-0.15, -0.1) is 0 Å². The first kappa shape index (κ1) is 15.9. The summed E-state index contributed by atoms with van der Waals surface area (Å²) in [6.07, 6.45) is -0.217. The predicted octanol–water partition coefficient (Wildman–Crippen LogP) is 0.165. The number of para-hydroxylation sites is 1. The first-order valence-corrected chi connectivity index (χ1v) is 7.21. The molecule has 0 aliphatic carbocycles. The van der Waals surface area contributed by atoms with Gasteiger partial charge in [-0.3, -0.25) is 9.69 Å². The molecule has 1 fully saturated rings. The summed E-state index contributed by atoms with van der Waals surface area (Å²) in [5.74, 6) is -0.0745. The van der Waals surface area contributed by atoms with Gasteiger partial charge in [-0.1, -0.05) is 18.2 Å². The number of nitrogens with one attached hydrogen (secondary N) is 1. The molecule has 2 unspecified atom stereocenters. The van der Waals surface area contributed by atoms with Crippen LogP contribution in [0.25, 0.3) is 0 Å². The van der Waals surface area contributed by atoms with Crippen molar-refractivity contribution < 1.29 is 14.6 Å². The van der Waals surface area contributed by atoms with Gasteiger partial charge >= 0.3 is 0 Å². The minimum atomic E-state index is -0.284. The van der Waals surface area contributed by atoms with Gasteiger partial charge in [0.15, 0.2) is 0 Å². The summed E-state index contributed by atoms with van der Waals surface area (Å²) in [5.41, 5.74) is 7.34. The number of benzene rings is 1. The molecule has 116 valence electrons. The van der Waals surface area contributed by atoms with Crippen molar-refractivity contribution in [3.05, 3.63) is 29.8 Å². The smallest absolute Gasteiger partial charge is 0.241 e. The number of morpholine rings is 1. The highest BCUT2D eigenvalue weighted by atomic mass is 16.5. The van der Waals surface area contributed by atoms with Crippen molar-refractivity contribution in [2.75, 3.05) is 31.6 Å². The Morgan fingerprint density at radius 2 is 2.33 bits per heavy atom. The maximum Gasteiger partial charge on any atom is 0.241 e. The summed E-state index contributed by atoms with van der Waals surface area (Å²) in [6, 6.07) is 7.23. The number of aliphatic hydroxyl groups excluding tert-OH is 1. The van der Waals surface area contributed by atoms with E-state index in [1.54, 1.807) is 0 Å². The largest absolute Gasteiger partial charge is 0.394 e. The number of anilines is 1. The fourth-order valence-corrected chi connectivity index (χ4v) is 2.43. The van der Waals surface area contributed by atoms with Crippen LogP contribution in [0, 0.1) is 0 Å². The van der Waals surface area contributed by atoms with Crippen LogP contribution >= 0.6 is 0 Å². The summed E-state index contributed by atoms with van der Waals surface area (Å²) in [4.78, 5) is 14.4. The van der Waals surface area contributed by atoms with Gasteiger partial charge in [-0.05, 0) is 18.6 Å². The molecule has 1 amide bonds. The molecule has 1 saturated heterocycles. The second-order valence-electron chi connectivity index (χ2n) is 5.20. The van der Waals surface area contributed by atoms with Gasteiger partial charge < -0.3 is 20.9 Å². The maximum atomic E-state index is 12.4. The Morgan fingerprint density at radius 3 is 3.05 bits per heavy atom. The van der Waals surface area contributed by atoms with Crippen LogP contribution in [0.1, 0.15) is 12.5 Å². The van der Waals surface area contributed by atoms with Gasteiger partial charge in [0.1, 0.15) is 0 Å². The summed E-state index contributed by atoms with van der Waals surface area (Å²) in [6.45, 7) is 3.99. The standard InChI is InChI=1S/C15H23N3O3/c1-11(18-6-7-21-13(9-18)10-19)15(20)17-14-5-3-2-4-12(14)8-16/h2-5,11,13,19H,6-10,16H2,1H3,(H,17,20). The fourth-order valence-electron chi connectivity index (χ4n) is 2.43. The zero-order valence-corrected chi connectivity index (χ0v) is 12.3. The van der Waals surface area contributed by atoms with E-state index in [2.05, 4.69) is 5.32 Å². The first-order chi connectivity index (χ1) is 10.2. The molecule has 1 aromatic rings. The predicted molar refractivity (Wildman–Crippen MR) is 80.8 cm³/mol. The van der Waals surface area contributed by atoms with Crippen LogP contribution in [0.15, 0.2) is 24.3 Å². The highest BCUT2D eigenvalue weighted by Gasteiger charge is 2.27. The normalized spacial score (nSPS) is 21.0. The van der Waals surface area contributed by atoms with Crippen molar-refractivity contribution in [2.24, 2.45) is 5.73 Å². The van der Waals surface area contributed by atoms with E-state index in [9.17, 15) is 4.79 Å². The molecule has 1 aromatic carbocycles. The Balaban J connectivity index is 1.99. The van der Waals surface area contributed by atoms with Crippen LogP contribution in [0.3, 0.4) is 0 Å². The van der Waals surface area contributed by atoms with E-state index in [1.165, 1.54) is 0 Å². The Morgan fingerprint density at radius 1 is 1.57 bits per heavy atom. The van der Waals surface area contributed by atoms with Gasteiger partial charge in [0.2, 0.25) is 5.91 Å². The van der Waals surface area contributed by atoms with Crippen LogP contribution in [0.5, 0.6) is 0 Å². The minimum absolute atomic E-state index is 0.0269. The molecule has 2 rings (SSSR count). The number of carbonyl (C=O) groups excluding carboxylic acids is 1. The van der Waals surface area contributed by atoms with E-state index in [-0.39, 0.29) is 24.7 Å². The van der Waals surface area contributed by atoms with E-state index in [0.29, 0.717) is 26.2 Å². The third kappa shape index (κ3) is 4.01. The Hall–Kier alpha value is -1.47. The lowest BCUT2D eigenvalue weighted by Gasteiger charge is -2.35. The fraction of sp³-hybridized carbons (Fsp3) is 0.533.